The number of carbonyl (C=O) groups excluding carboxylic acids is 3. The van der Waals surface area contributed by atoms with Gasteiger partial charge in [-0.1, -0.05) is 243 Å². The summed E-state index contributed by atoms with van der Waals surface area (Å²) in [4.78, 5) is 38.0. The van der Waals surface area contributed by atoms with E-state index in [1.165, 1.54) is 154 Å². The summed E-state index contributed by atoms with van der Waals surface area (Å²) in [7, 11) is 0. The maximum absolute atomic E-state index is 12.8. The third-order valence-corrected chi connectivity index (χ3v) is 11.9. The molecule has 1 atom stereocenters. The first-order chi connectivity index (χ1) is 31.0. The van der Waals surface area contributed by atoms with Crippen LogP contribution >= 0.6 is 0 Å². The fourth-order valence-corrected chi connectivity index (χ4v) is 7.72. The Hall–Kier alpha value is -2.63. The molecular weight excluding hydrogens is 781 g/mol. The van der Waals surface area contributed by atoms with Crippen LogP contribution in [0.4, 0.5) is 0 Å². The molecule has 0 aliphatic rings. The predicted molar refractivity (Wildman–Crippen MR) is 270 cm³/mol. The van der Waals surface area contributed by atoms with Gasteiger partial charge in [0.25, 0.3) is 0 Å². The molecule has 0 saturated heterocycles. The Bertz CT molecular complexity index is 1110. The van der Waals surface area contributed by atoms with Gasteiger partial charge in [-0.25, -0.2) is 0 Å². The van der Waals surface area contributed by atoms with E-state index in [9.17, 15) is 14.4 Å². The minimum absolute atomic E-state index is 0.0820. The molecule has 0 bridgehead atoms. The molecule has 1 unspecified atom stereocenters. The second kappa shape index (κ2) is 52.0. The molecule has 0 spiro atoms. The van der Waals surface area contributed by atoms with E-state index in [0.29, 0.717) is 19.3 Å². The Kier molecular flexibility index (Phi) is 49.8. The van der Waals surface area contributed by atoms with Crippen molar-refractivity contribution < 1.29 is 28.6 Å². The zero-order chi connectivity index (χ0) is 45.8. The van der Waals surface area contributed by atoms with Crippen LogP contribution in [0.25, 0.3) is 0 Å². The molecule has 0 aromatic rings. The molecule has 0 amide bonds. The van der Waals surface area contributed by atoms with Crippen LogP contribution in [0, 0.1) is 0 Å². The van der Waals surface area contributed by atoms with Crippen LogP contribution in [0.5, 0.6) is 0 Å². The van der Waals surface area contributed by atoms with E-state index in [1.54, 1.807) is 0 Å². The summed E-state index contributed by atoms with van der Waals surface area (Å²) >= 11 is 0. The zero-order valence-corrected chi connectivity index (χ0v) is 41.8. The van der Waals surface area contributed by atoms with Crippen molar-refractivity contribution in [3.05, 3.63) is 48.6 Å². The molecule has 0 rings (SSSR count). The molecule has 63 heavy (non-hydrogen) atoms. The summed E-state index contributed by atoms with van der Waals surface area (Å²) in [5.74, 6) is -0.900. The Morgan fingerprint density at radius 1 is 0.317 bits per heavy atom. The Morgan fingerprint density at radius 3 is 0.968 bits per heavy atom. The van der Waals surface area contributed by atoms with Crippen LogP contribution in [0.1, 0.15) is 278 Å². The number of hydrogen-bond donors (Lipinski definition) is 0. The molecule has 0 saturated carbocycles. The van der Waals surface area contributed by atoms with E-state index in [-0.39, 0.29) is 31.1 Å². The lowest BCUT2D eigenvalue weighted by Crippen LogP contribution is -2.30. The van der Waals surface area contributed by atoms with Gasteiger partial charge in [0, 0.05) is 19.3 Å². The normalized spacial score (nSPS) is 12.4. The molecule has 0 aromatic carbocycles. The molecule has 0 radical (unpaired) electrons. The van der Waals surface area contributed by atoms with E-state index in [2.05, 4.69) is 69.4 Å². The molecule has 0 N–H and O–H groups in total. The number of rotatable bonds is 49. The average Bonchev–Trinajstić information content (AvgIpc) is 3.28. The third kappa shape index (κ3) is 50.2. The number of ether oxygens (including phenoxy) is 3. The van der Waals surface area contributed by atoms with Crippen LogP contribution in [0.15, 0.2) is 48.6 Å². The Labute approximate surface area is 390 Å². The van der Waals surface area contributed by atoms with Crippen molar-refractivity contribution >= 4 is 17.9 Å². The summed E-state index contributed by atoms with van der Waals surface area (Å²) in [5.41, 5.74) is 0. The SMILES string of the molecule is CCCC/C=C\CCCCCCCC(=O)OCC(COC(=O)CCCCCCC\C=C/C=C\C=C/CCCCCCC)OC(=O)CCCCCCCCCCCCCCCCCC. The molecule has 6 nitrogen and oxygen atoms in total. The van der Waals surface area contributed by atoms with Crippen LogP contribution in [0.2, 0.25) is 0 Å². The maximum Gasteiger partial charge on any atom is 0.306 e. The predicted octanol–water partition coefficient (Wildman–Crippen LogP) is 17.9. The lowest BCUT2D eigenvalue weighted by molar-refractivity contribution is -0.167. The van der Waals surface area contributed by atoms with Gasteiger partial charge in [-0.15, -0.1) is 0 Å². The zero-order valence-electron chi connectivity index (χ0n) is 41.8. The Balaban J connectivity index is 4.37. The van der Waals surface area contributed by atoms with Gasteiger partial charge in [0.15, 0.2) is 6.10 Å². The van der Waals surface area contributed by atoms with Crippen molar-refractivity contribution in [3.8, 4) is 0 Å². The second-order valence-corrected chi connectivity index (χ2v) is 18.2. The fraction of sp³-hybridized carbons (Fsp3) is 0.807. The lowest BCUT2D eigenvalue weighted by atomic mass is 10.0. The maximum atomic E-state index is 12.8. The van der Waals surface area contributed by atoms with Crippen LogP contribution in [-0.4, -0.2) is 37.2 Å². The van der Waals surface area contributed by atoms with Crippen LogP contribution in [0.3, 0.4) is 0 Å². The van der Waals surface area contributed by atoms with Gasteiger partial charge in [-0.2, -0.15) is 0 Å². The minimum Gasteiger partial charge on any atom is -0.462 e. The molecule has 0 aliphatic carbocycles. The van der Waals surface area contributed by atoms with E-state index >= 15 is 0 Å². The summed E-state index contributed by atoms with van der Waals surface area (Å²) in [6.07, 6.45) is 62.4. The molecule has 366 valence electrons. The second-order valence-electron chi connectivity index (χ2n) is 18.2. The summed E-state index contributed by atoms with van der Waals surface area (Å²) in [5, 5.41) is 0. The fourth-order valence-electron chi connectivity index (χ4n) is 7.72. The first-order valence-corrected chi connectivity index (χ1v) is 27.2. The lowest BCUT2D eigenvalue weighted by Gasteiger charge is -2.18. The number of hydrogen-bond acceptors (Lipinski definition) is 6. The third-order valence-electron chi connectivity index (χ3n) is 11.9. The van der Waals surface area contributed by atoms with Gasteiger partial charge >= 0.3 is 17.9 Å². The van der Waals surface area contributed by atoms with E-state index in [4.69, 9.17) is 14.2 Å². The average molecular weight is 883 g/mol. The van der Waals surface area contributed by atoms with Gasteiger partial charge in [0.1, 0.15) is 13.2 Å². The van der Waals surface area contributed by atoms with Gasteiger partial charge in [0.05, 0.1) is 0 Å². The van der Waals surface area contributed by atoms with Crippen molar-refractivity contribution in [2.24, 2.45) is 0 Å². The van der Waals surface area contributed by atoms with Crippen molar-refractivity contribution in [1.82, 2.24) is 0 Å². The molecule has 0 fully saturated rings. The standard InChI is InChI=1S/C57H102O6/c1-4-7-10-13-16-19-22-24-26-28-29-31-32-35-38-41-44-47-50-56(59)62-53-54(52-61-55(58)49-46-43-40-37-34-21-18-15-12-9-6-3)63-57(60)51-48-45-42-39-36-33-30-27-25-23-20-17-14-11-8-5-2/h15,18,22,24,26,28-29,31,54H,4-14,16-17,19-21,23,25,27,30,32-53H2,1-3H3/b18-15-,24-22-,28-26-,31-29-. The highest BCUT2D eigenvalue weighted by Gasteiger charge is 2.19. The highest BCUT2D eigenvalue weighted by atomic mass is 16.6. The number of esters is 3. The summed E-state index contributed by atoms with van der Waals surface area (Å²) in [6.45, 7) is 6.58. The Morgan fingerprint density at radius 2 is 0.603 bits per heavy atom. The van der Waals surface area contributed by atoms with Crippen LogP contribution in [-0.2, 0) is 28.6 Å². The summed E-state index contributed by atoms with van der Waals surface area (Å²) in [6, 6.07) is 0. The van der Waals surface area contributed by atoms with Gasteiger partial charge in [0.2, 0.25) is 0 Å². The first kappa shape index (κ1) is 60.4. The van der Waals surface area contributed by atoms with Crippen molar-refractivity contribution in [1.29, 1.82) is 0 Å². The molecule has 0 aromatic heterocycles. The smallest absolute Gasteiger partial charge is 0.306 e. The van der Waals surface area contributed by atoms with E-state index in [0.717, 1.165) is 83.5 Å². The summed E-state index contributed by atoms with van der Waals surface area (Å²) < 4.78 is 16.8. The molecule has 0 heterocycles. The largest absolute Gasteiger partial charge is 0.462 e. The van der Waals surface area contributed by atoms with Crippen molar-refractivity contribution in [2.75, 3.05) is 13.2 Å². The van der Waals surface area contributed by atoms with Crippen molar-refractivity contribution in [3.63, 3.8) is 0 Å². The minimum atomic E-state index is -0.781. The first-order valence-electron chi connectivity index (χ1n) is 27.2. The van der Waals surface area contributed by atoms with Gasteiger partial charge < -0.3 is 14.2 Å². The van der Waals surface area contributed by atoms with E-state index < -0.39 is 6.10 Å². The highest BCUT2D eigenvalue weighted by molar-refractivity contribution is 5.71. The molecular formula is C57H102O6. The van der Waals surface area contributed by atoms with Gasteiger partial charge in [-0.3, -0.25) is 14.4 Å². The molecule has 0 aliphatic heterocycles. The van der Waals surface area contributed by atoms with Gasteiger partial charge in [-0.05, 0) is 64.2 Å². The van der Waals surface area contributed by atoms with E-state index in [1.807, 2.05) is 0 Å². The van der Waals surface area contributed by atoms with Crippen molar-refractivity contribution in [2.45, 2.75) is 284 Å². The topological polar surface area (TPSA) is 78.9 Å². The number of allylic oxidation sites excluding steroid dienone is 8. The monoisotopic (exact) mass is 883 g/mol. The van der Waals surface area contributed by atoms with Crippen LogP contribution < -0.4 is 0 Å². The molecule has 6 heteroatoms. The quantitative estimate of drug-likeness (QED) is 0.0199. The number of carbonyl (C=O) groups is 3. The number of unbranched alkanes of at least 4 members (excludes halogenated alkanes) is 32. The highest BCUT2D eigenvalue weighted by Crippen LogP contribution is 2.16.